The highest BCUT2D eigenvalue weighted by Gasteiger charge is 2.12. The Balaban J connectivity index is 2.50. The normalized spacial score (nSPS) is 13.1. The number of imidazole rings is 1. The third kappa shape index (κ3) is 2.82. The van der Waals surface area contributed by atoms with Gasteiger partial charge in [0.25, 0.3) is 0 Å². The van der Waals surface area contributed by atoms with E-state index >= 15 is 0 Å². The topological polar surface area (TPSA) is 39.1 Å². The van der Waals surface area contributed by atoms with E-state index in [2.05, 4.69) is 17.2 Å². The van der Waals surface area contributed by atoms with Crippen molar-refractivity contribution < 1.29 is 4.74 Å². The van der Waals surface area contributed by atoms with Gasteiger partial charge in [0, 0.05) is 19.9 Å². The van der Waals surface area contributed by atoms with E-state index in [9.17, 15) is 0 Å². The second-order valence-corrected chi connectivity index (χ2v) is 3.35. The summed E-state index contributed by atoms with van der Waals surface area (Å²) in [5, 5.41) is 3.22. The number of hydrogen-bond donors (Lipinski definition) is 1. The number of aryl methyl sites for hydroxylation is 1. The van der Waals surface area contributed by atoms with Crippen LogP contribution in [0.2, 0.25) is 0 Å². The summed E-state index contributed by atoms with van der Waals surface area (Å²) in [6.07, 6.45) is 4.73. The summed E-state index contributed by atoms with van der Waals surface area (Å²) in [7, 11) is 3.93. The highest BCUT2D eigenvalue weighted by Crippen LogP contribution is 2.10. The Morgan fingerprint density at radius 2 is 2.43 bits per heavy atom. The monoisotopic (exact) mass is 197 g/mol. The Morgan fingerprint density at radius 1 is 1.64 bits per heavy atom. The summed E-state index contributed by atoms with van der Waals surface area (Å²) >= 11 is 0. The van der Waals surface area contributed by atoms with Crippen LogP contribution in [0.4, 0.5) is 0 Å². The van der Waals surface area contributed by atoms with Gasteiger partial charge in [0.05, 0.1) is 24.7 Å². The van der Waals surface area contributed by atoms with E-state index in [0.717, 1.165) is 18.7 Å². The summed E-state index contributed by atoms with van der Waals surface area (Å²) in [5.74, 6) is 0. The summed E-state index contributed by atoms with van der Waals surface area (Å²) in [6.45, 7) is 3.62. The van der Waals surface area contributed by atoms with Gasteiger partial charge in [0.15, 0.2) is 0 Å². The fourth-order valence-corrected chi connectivity index (χ4v) is 1.37. The van der Waals surface area contributed by atoms with Gasteiger partial charge in [-0.1, -0.05) is 6.92 Å². The molecule has 1 aromatic heterocycles. The van der Waals surface area contributed by atoms with Crippen LogP contribution >= 0.6 is 0 Å². The number of hydrogen-bond acceptors (Lipinski definition) is 3. The molecule has 4 nitrogen and oxygen atoms in total. The summed E-state index contributed by atoms with van der Waals surface area (Å²) in [4.78, 5) is 4.09. The van der Waals surface area contributed by atoms with Crippen molar-refractivity contribution >= 4 is 0 Å². The molecular weight excluding hydrogens is 178 g/mol. The van der Waals surface area contributed by atoms with Crippen molar-refractivity contribution in [2.75, 3.05) is 20.3 Å². The molecule has 80 valence electrons. The highest BCUT2D eigenvalue weighted by atomic mass is 16.5. The molecule has 0 amide bonds. The van der Waals surface area contributed by atoms with Crippen LogP contribution in [0, 0.1) is 0 Å². The molecule has 1 N–H and O–H groups in total. The van der Waals surface area contributed by atoms with Crippen molar-refractivity contribution in [1.29, 1.82) is 0 Å². The number of aromatic nitrogens is 2. The first-order chi connectivity index (χ1) is 6.79. The molecule has 0 aromatic carbocycles. The number of nitrogens with one attached hydrogen (secondary N) is 1. The van der Waals surface area contributed by atoms with Gasteiger partial charge in [-0.05, 0) is 13.5 Å². The van der Waals surface area contributed by atoms with E-state index in [4.69, 9.17) is 4.74 Å². The van der Waals surface area contributed by atoms with Crippen molar-refractivity contribution in [3.8, 4) is 0 Å². The van der Waals surface area contributed by atoms with Gasteiger partial charge in [0.1, 0.15) is 0 Å². The molecule has 0 aliphatic rings. The maximum absolute atomic E-state index is 5.51. The van der Waals surface area contributed by atoms with Crippen LogP contribution < -0.4 is 5.32 Å². The van der Waals surface area contributed by atoms with Crippen molar-refractivity contribution in [2.24, 2.45) is 7.05 Å². The van der Waals surface area contributed by atoms with Crippen LogP contribution in [0.5, 0.6) is 0 Å². The van der Waals surface area contributed by atoms with Crippen LogP contribution in [-0.4, -0.2) is 29.8 Å². The molecule has 0 radical (unpaired) electrons. The minimum Gasteiger partial charge on any atom is -0.379 e. The van der Waals surface area contributed by atoms with Crippen molar-refractivity contribution in [3.63, 3.8) is 0 Å². The molecule has 1 unspecified atom stereocenters. The van der Waals surface area contributed by atoms with Crippen LogP contribution in [0.1, 0.15) is 25.1 Å². The van der Waals surface area contributed by atoms with E-state index < -0.39 is 0 Å². The zero-order valence-electron chi connectivity index (χ0n) is 9.16. The van der Waals surface area contributed by atoms with Gasteiger partial charge in [-0.2, -0.15) is 0 Å². The third-order valence-corrected chi connectivity index (χ3v) is 2.19. The molecule has 14 heavy (non-hydrogen) atoms. The Morgan fingerprint density at radius 3 is 2.93 bits per heavy atom. The lowest BCUT2D eigenvalue weighted by molar-refractivity contribution is 0.112. The first kappa shape index (κ1) is 11.2. The Hall–Kier alpha value is -0.870. The molecule has 0 aliphatic heterocycles. The Kier molecular flexibility index (Phi) is 4.62. The molecule has 1 aromatic rings. The van der Waals surface area contributed by atoms with Crippen LogP contribution in [-0.2, 0) is 11.8 Å². The van der Waals surface area contributed by atoms with Gasteiger partial charge in [-0.3, -0.25) is 0 Å². The van der Waals surface area contributed by atoms with Crippen LogP contribution in [0.3, 0.4) is 0 Å². The standard InChI is InChI=1S/C10H19N3O/c1-4-5-14-7-9(11-2)10-6-12-8-13(10)3/h6,8-9,11H,4-5,7H2,1-3H3. The highest BCUT2D eigenvalue weighted by molar-refractivity contribution is 5.04. The largest absolute Gasteiger partial charge is 0.379 e. The molecule has 0 bridgehead atoms. The van der Waals surface area contributed by atoms with E-state index in [1.807, 2.05) is 24.9 Å². The fraction of sp³-hybridized carbons (Fsp3) is 0.700. The van der Waals surface area contributed by atoms with Gasteiger partial charge in [0.2, 0.25) is 0 Å². The van der Waals surface area contributed by atoms with E-state index in [-0.39, 0.29) is 6.04 Å². The van der Waals surface area contributed by atoms with Crippen molar-refractivity contribution in [3.05, 3.63) is 18.2 Å². The minimum atomic E-state index is 0.231. The molecule has 0 saturated heterocycles. The zero-order chi connectivity index (χ0) is 10.4. The van der Waals surface area contributed by atoms with E-state index in [1.165, 1.54) is 0 Å². The predicted molar refractivity (Wildman–Crippen MR) is 56.1 cm³/mol. The van der Waals surface area contributed by atoms with Crippen molar-refractivity contribution in [1.82, 2.24) is 14.9 Å². The lowest BCUT2D eigenvalue weighted by Gasteiger charge is -2.16. The summed E-state index contributed by atoms with van der Waals surface area (Å²) < 4.78 is 7.52. The number of rotatable bonds is 6. The van der Waals surface area contributed by atoms with Gasteiger partial charge >= 0.3 is 0 Å². The lowest BCUT2D eigenvalue weighted by atomic mass is 10.2. The number of nitrogens with zero attached hydrogens (tertiary/aromatic N) is 2. The van der Waals surface area contributed by atoms with Crippen LogP contribution in [0.15, 0.2) is 12.5 Å². The van der Waals surface area contributed by atoms with Gasteiger partial charge < -0.3 is 14.6 Å². The maximum atomic E-state index is 5.51. The molecule has 0 spiro atoms. The predicted octanol–water partition coefficient (Wildman–Crippen LogP) is 1.11. The number of likely N-dealkylation sites (N-methyl/N-ethyl adjacent to an activating group) is 1. The summed E-state index contributed by atoms with van der Waals surface area (Å²) in [5.41, 5.74) is 1.16. The minimum absolute atomic E-state index is 0.231. The van der Waals surface area contributed by atoms with Crippen LogP contribution in [0.25, 0.3) is 0 Å². The quantitative estimate of drug-likeness (QED) is 0.694. The third-order valence-electron chi connectivity index (χ3n) is 2.19. The second kappa shape index (κ2) is 5.78. The van der Waals surface area contributed by atoms with E-state index in [1.54, 1.807) is 6.33 Å². The Labute approximate surface area is 85.3 Å². The molecular formula is C10H19N3O. The first-order valence-electron chi connectivity index (χ1n) is 5.00. The average Bonchev–Trinajstić information content (AvgIpc) is 2.60. The smallest absolute Gasteiger partial charge is 0.0946 e. The molecule has 1 rings (SSSR count). The second-order valence-electron chi connectivity index (χ2n) is 3.35. The van der Waals surface area contributed by atoms with E-state index in [0.29, 0.717) is 6.61 Å². The molecule has 0 saturated carbocycles. The van der Waals surface area contributed by atoms with Crippen molar-refractivity contribution in [2.45, 2.75) is 19.4 Å². The Bertz CT molecular complexity index is 260. The molecule has 0 aliphatic carbocycles. The van der Waals surface area contributed by atoms with Gasteiger partial charge in [-0.25, -0.2) is 4.98 Å². The number of ether oxygens (including phenoxy) is 1. The zero-order valence-corrected chi connectivity index (χ0v) is 9.16. The molecule has 0 fully saturated rings. The molecule has 1 heterocycles. The SMILES string of the molecule is CCCOCC(NC)c1cncn1C. The first-order valence-corrected chi connectivity index (χ1v) is 5.00. The molecule has 4 heteroatoms. The maximum Gasteiger partial charge on any atom is 0.0946 e. The van der Waals surface area contributed by atoms with Gasteiger partial charge in [-0.15, -0.1) is 0 Å². The average molecular weight is 197 g/mol. The molecule has 1 atom stereocenters. The summed E-state index contributed by atoms with van der Waals surface area (Å²) in [6, 6.07) is 0.231. The lowest BCUT2D eigenvalue weighted by Crippen LogP contribution is -2.24. The fourth-order valence-electron chi connectivity index (χ4n) is 1.37.